The number of terminal acetylenes is 1. The minimum absolute atomic E-state index is 0.147. The molecule has 0 amide bonds. The average Bonchev–Trinajstić information content (AvgIpc) is 3.49. The molecule has 4 rings (SSSR count). The van der Waals surface area contributed by atoms with Crippen molar-refractivity contribution in [3.05, 3.63) is 96.1 Å². The highest BCUT2D eigenvalue weighted by atomic mass is 16.5. The van der Waals surface area contributed by atoms with Crippen molar-refractivity contribution in [2.24, 2.45) is 0 Å². The quantitative estimate of drug-likeness (QED) is 0.241. The predicted octanol–water partition coefficient (Wildman–Crippen LogP) is 4.58. The number of furan rings is 1. The maximum Gasteiger partial charge on any atom is 0.227 e. The van der Waals surface area contributed by atoms with Gasteiger partial charge in [-0.3, -0.25) is 4.90 Å². The van der Waals surface area contributed by atoms with E-state index >= 15 is 0 Å². The van der Waals surface area contributed by atoms with E-state index < -0.39 is 6.10 Å². The Kier molecular flexibility index (Phi) is 8.36. The van der Waals surface area contributed by atoms with E-state index in [1.807, 2.05) is 84.4 Å². The van der Waals surface area contributed by atoms with Crippen LogP contribution in [0.2, 0.25) is 0 Å². The Balaban J connectivity index is 1.65. The highest BCUT2D eigenvalue weighted by Gasteiger charge is 2.23. The van der Waals surface area contributed by atoms with Gasteiger partial charge in [0.2, 0.25) is 5.88 Å². The lowest BCUT2D eigenvalue weighted by Crippen LogP contribution is -2.34. The van der Waals surface area contributed by atoms with Gasteiger partial charge in [-0.05, 0) is 43.3 Å². The SMILES string of the molecule is C#CCOC[C@H](O)CN(Cc1ccco1)Cc1c(C)nn(-c2ccccc2)c1Oc1ccccc1. The van der Waals surface area contributed by atoms with Crippen LogP contribution in [0.4, 0.5) is 0 Å². The van der Waals surface area contributed by atoms with Crippen molar-refractivity contribution >= 4 is 0 Å². The maximum atomic E-state index is 10.6. The third-order valence-corrected chi connectivity index (χ3v) is 5.40. The van der Waals surface area contributed by atoms with Crippen LogP contribution in [0.15, 0.2) is 83.5 Å². The number of aliphatic hydroxyl groups excluding tert-OH is 1. The van der Waals surface area contributed by atoms with E-state index in [-0.39, 0.29) is 13.2 Å². The zero-order valence-corrected chi connectivity index (χ0v) is 19.7. The van der Waals surface area contributed by atoms with Crippen molar-refractivity contribution in [2.45, 2.75) is 26.1 Å². The van der Waals surface area contributed by atoms with Crippen LogP contribution in [0.5, 0.6) is 11.6 Å². The molecule has 0 radical (unpaired) electrons. The second-order valence-corrected chi connectivity index (χ2v) is 8.15. The molecule has 0 aliphatic carbocycles. The monoisotopic (exact) mass is 471 g/mol. The summed E-state index contributed by atoms with van der Waals surface area (Å²) < 4.78 is 19.1. The van der Waals surface area contributed by atoms with Gasteiger partial charge in [0.05, 0.1) is 42.5 Å². The smallest absolute Gasteiger partial charge is 0.227 e. The summed E-state index contributed by atoms with van der Waals surface area (Å²) in [5.74, 6) is 4.55. The standard InChI is InChI=1S/C28H29N3O4/c1-3-16-33-21-24(32)18-30(19-26-15-10-17-34-26)20-27-22(2)29-31(23-11-6-4-7-12-23)28(27)35-25-13-8-5-9-14-25/h1,4-15,17,24,32H,16,18-21H2,2H3/t24-/m1/s1. The summed E-state index contributed by atoms with van der Waals surface area (Å²) in [6.07, 6.45) is 6.17. The van der Waals surface area contributed by atoms with E-state index in [0.717, 1.165) is 22.7 Å². The fourth-order valence-corrected chi connectivity index (χ4v) is 3.81. The number of benzene rings is 2. The molecule has 0 bridgehead atoms. The summed E-state index contributed by atoms with van der Waals surface area (Å²) in [6.45, 7) is 3.60. The molecular formula is C28H29N3O4. The summed E-state index contributed by atoms with van der Waals surface area (Å²) in [5, 5.41) is 15.4. The number of aromatic nitrogens is 2. The molecule has 35 heavy (non-hydrogen) atoms. The van der Waals surface area contributed by atoms with Crippen LogP contribution >= 0.6 is 0 Å². The molecule has 2 heterocycles. The number of hydrogen-bond acceptors (Lipinski definition) is 6. The molecule has 2 aromatic heterocycles. The topological polar surface area (TPSA) is 72.9 Å². The van der Waals surface area contributed by atoms with Crippen molar-refractivity contribution < 1.29 is 19.0 Å². The molecule has 1 N–H and O–H groups in total. The first-order valence-corrected chi connectivity index (χ1v) is 11.4. The summed E-state index contributed by atoms with van der Waals surface area (Å²) in [6, 6.07) is 23.3. The molecule has 2 aromatic carbocycles. The van der Waals surface area contributed by atoms with Gasteiger partial charge in [-0.15, -0.1) is 6.42 Å². The Morgan fingerprint density at radius 1 is 1.06 bits per heavy atom. The maximum absolute atomic E-state index is 10.6. The third-order valence-electron chi connectivity index (χ3n) is 5.40. The van der Waals surface area contributed by atoms with Gasteiger partial charge in [-0.25, -0.2) is 4.68 Å². The van der Waals surface area contributed by atoms with Crippen molar-refractivity contribution in [1.29, 1.82) is 0 Å². The number of aliphatic hydroxyl groups is 1. The van der Waals surface area contributed by atoms with Gasteiger partial charge in [0, 0.05) is 13.1 Å². The molecular weight excluding hydrogens is 442 g/mol. The van der Waals surface area contributed by atoms with Gasteiger partial charge in [0.1, 0.15) is 18.1 Å². The molecule has 0 saturated carbocycles. The van der Waals surface area contributed by atoms with Gasteiger partial charge in [0.25, 0.3) is 0 Å². The lowest BCUT2D eigenvalue weighted by Gasteiger charge is -2.24. The third kappa shape index (κ3) is 6.61. The van der Waals surface area contributed by atoms with Gasteiger partial charge >= 0.3 is 0 Å². The lowest BCUT2D eigenvalue weighted by molar-refractivity contribution is 0.0228. The van der Waals surface area contributed by atoms with Crippen LogP contribution in [0, 0.1) is 19.3 Å². The largest absolute Gasteiger partial charge is 0.468 e. The Labute approximate surface area is 205 Å². The van der Waals surface area contributed by atoms with Crippen LogP contribution in [-0.2, 0) is 17.8 Å². The molecule has 0 aliphatic heterocycles. The Morgan fingerprint density at radius 2 is 1.80 bits per heavy atom. The van der Waals surface area contributed by atoms with Crippen molar-refractivity contribution in [2.75, 3.05) is 19.8 Å². The minimum Gasteiger partial charge on any atom is -0.468 e. The van der Waals surface area contributed by atoms with Crippen molar-refractivity contribution in [3.63, 3.8) is 0 Å². The highest BCUT2D eigenvalue weighted by Crippen LogP contribution is 2.32. The average molecular weight is 472 g/mol. The summed E-state index contributed by atoms with van der Waals surface area (Å²) in [7, 11) is 0. The Hall–Kier alpha value is -3.83. The number of nitrogens with zero attached hydrogens (tertiary/aromatic N) is 3. The Bertz CT molecular complexity index is 1210. The predicted molar refractivity (Wildman–Crippen MR) is 133 cm³/mol. The van der Waals surface area contributed by atoms with Crippen LogP contribution in [-0.4, -0.2) is 45.6 Å². The van der Waals surface area contributed by atoms with Gasteiger partial charge < -0.3 is 19.0 Å². The molecule has 0 saturated heterocycles. The summed E-state index contributed by atoms with van der Waals surface area (Å²) in [5.41, 5.74) is 2.65. The van der Waals surface area contributed by atoms with Crippen molar-refractivity contribution in [3.8, 4) is 29.7 Å². The molecule has 7 nitrogen and oxygen atoms in total. The molecule has 0 fully saturated rings. The normalized spacial score (nSPS) is 11.9. The van der Waals surface area contributed by atoms with Gasteiger partial charge in [-0.1, -0.05) is 42.3 Å². The number of aryl methyl sites for hydroxylation is 1. The first-order chi connectivity index (χ1) is 17.1. The second-order valence-electron chi connectivity index (χ2n) is 8.15. The van der Waals surface area contributed by atoms with E-state index in [2.05, 4.69) is 10.8 Å². The van der Waals surface area contributed by atoms with Crippen LogP contribution in [0.3, 0.4) is 0 Å². The molecule has 0 spiro atoms. The molecule has 0 unspecified atom stereocenters. The second kappa shape index (κ2) is 12.0. The van der Waals surface area contributed by atoms with Crippen LogP contribution in [0.25, 0.3) is 5.69 Å². The van der Waals surface area contributed by atoms with Gasteiger partial charge in [0.15, 0.2) is 0 Å². The number of hydrogen-bond donors (Lipinski definition) is 1. The first-order valence-electron chi connectivity index (χ1n) is 11.4. The van der Waals surface area contributed by atoms with Crippen LogP contribution < -0.4 is 4.74 Å². The zero-order valence-electron chi connectivity index (χ0n) is 19.7. The zero-order chi connectivity index (χ0) is 24.5. The van der Waals surface area contributed by atoms with E-state index in [4.69, 9.17) is 25.4 Å². The van der Waals surface area contributed by atoms with E-state index in [1.165, 1.54) is 0 Å². The molecule has 180 valence electrons. The van der Waals surface area contributed by atoms with Gasteiger partial charge in [-0.2, -0.15) is 5.10 Å². The van der Waals surface area contributed by atoms with Crippen molar-refractivity contribution in [1.82, 2.24) is 14.7 Å². The number of para-hydroxylation sites is 2. The van der Waals surface area contributed by atoms with E-state index in [9.17, 15) is 5.11 Å². The molecule has 7 heteroatoms. The van der Waals surface area contributed by atoms with E-state index in [1.54, 1.807) is 6.26 Å². The number of rotatable bonds is 12. The Morgan fingerprint density at radius 3 is 2.49 bits per heavy atom. The van der Waals surface area contributed by atoms with Crippen LogP contribution in [0.1, 0.15) is 17.0 Å². The lowest BCUT2D eigenvalue weighted by atomic mass is 10.2. The molecule has 4 aromatic rings. The number of ether oxygens (including phenoxy) is 2. The first kappa shape index (κ1) is 24.3. The van der Waals surface area contributed by atoms with E-state index in [0.29, 0.717) is 31.3 Å². The fourth-order valence-electron chi connectivity index (χ4n) is 3.81. The fraction of sp³-hybridized carbons (Fsp3) is 0.250. The molecule has 1 atom stereocenters. The molecule has 0 aliphatic rings. The minimum atomic E-state index is -0.721. The summed E-state index contributed by atoms with van der Waals surface area (Å²) in [4.78, 5) is 2.08. The highest BCUT2D eigenvalue weighted by molar-refractivity contribution is 5.43. The summed E-state index contributed by atoms with van der Waals surface area (Å²) >= 11 is 0.